The summed E-state index contributed by atoms with van der Waals surface area (Å²) in [5.74, 6) is 0.751. The fourth-order valence-corrected chi connectivity index (χ4v) is 2.19. The first-order valence-corrected chi connectivity index (χ1v) is 6.09. The molecule has 0 radical (unpaired) electrons. The maximum Gasteiger partial charge on any atom is 0.142 e. The lowest BCUT2D eigenvalue weighted by molar-refractivity contribution is -0.0543. The van der Waals surface area contributed by atoms with Gasteiger partial charge in [0, 0.05) is 38.8 Å². The van der Waals surface area contributed by atoms with E-state index in [1.54, 1.807) is 0 Å². The quantitative estimate of drug-likeness (QED) is 0.752. The number of nitrogens with one attached hydrogen (secondary N) is 2. The zero-order valence-electron chi connectivity index (χ0n) is 10.0. The van der Waals surface area contributed by atoms with E-state index in [1.165, 1.54) is 6.33 Å². The minimum atomic E-state index is -0.703. The molecule has 0 aromatic carbocycles. The fraction of sp³-hybridized carbons (Fsp3) is 0.500. The molecule has 6 heteroatoms. The Bertz CT molecular complexity index is 534. The lowest BCUT2D eigenvalue weighted by Gasteiger charge is -2.32. The van der Waals surface area contributed by atoms with E-state index in [0.717, 1.165) is 16.9 Å². The van der Waals surface area contributed by atoms with E-state index in [1.807, 2.05) is 12.3 Å². The van der Waals surface area contributed by atoms with E-state index in [9.17, 15) is 5.11 Å². The van der Waals surface area contributed by atoms with Crippen LogP contribution in [0.3, 0.4) is 0 Å². The lowest BCUT2D eigenvalue weighted by Crippen LogP contribution is -2.42. The number of nitrogens with zero attached hydrogens (tertiary/aromatic N) is 2. The second-order valence-corrected chi connectivity index (χ2v) is 4.65. The number of fused-ring (bicyclic) bond motifs is 1. The molecule has 0 amide bonds. The van der Waals surface area contributed by atoms with Crippen LogP contribution in [0.15, 0.2) is 18.6 Å². The molecular formula is C12H16N4O2. The smallest absolute Gasteiger partial charge is 0.142 e. The first kappa shape index (κ1) is 11.4. The molecule has 1 aliphatic heterocycles. The third-order valence-electron chi connectivity index (χ3n) is 3.36. The van der Waals surface area contributed by atoms with Crippen LogP contribution in [-0.2, 0) is 4.74 Å². The molecule has 0 saturated carbocycles. The molecule has 3 N–H and O–H groups in total. The van der Waals surface area contributed by atoms with Gasteiger partial charge in [0.05, 0.1) is 11.0 Å². The standard InChI is InChI=1S/C12H16N4O2/c17-12(2-5-18-6-3-12)7-14-11-9-1-4-13-10(9)15-8-16-11/h1,4,8,17H,2-3,5-7H2,(H2,13,14,15,16). The summed E-state index contributed by atoms with van der Waals surface area (Å²) in [5, 5.41) is 14.5. The maximum atomic E-state index is 10.4. The molecule has 3 rings (SSSR count). The number of H-pyrrole nitrogens is 1. The highest BCUT2D eigenvalue weighted by Crippen LogP contribution is 2.23. The summed E-state index contributed by atoms with van der Waals surface area (Å²) < 4.78 is 5.26. The summed E-state index contributed by atoms with van der Waals surface area (Å²) in [4.78, 5) is 11.4. The summed E-state index contributed by atoms with van der Waals surface area (Å²) in [6, 6.07) is 1.92. The highest BCUT2D eigenvalue weighted by molar-refractivity contribution is 5.86. The van der Waals surface area contributed by atoms with E-state index >= 15 is 0 Å². The summed E-state index contributed by atoms with van der Waals surface area (Å²) >= 11 is 0. The van der Waals surface area contributed by atoms with Crippen molar-refractivity contribution < 1.29 is 9.84 Å². The van der Waals surface area contributed by atoms with Crippen molar-refractivity contribution in [2.24, 2.45) is 0 Å². The average molecular weight is 248 g/mol. The molecule has 0 spiro atoms. The molecular weight excluding hydrogens is 232 g/mol. The molecule has 6 nitrogen and oxygen atoms in total. The van der Waals surface area contributed by atoms with Crippen LogP contribution in [0.5, 0.6) is 0 Å². The average Bonchev–Trinajstić information content (AvgIpc) is 2.86. The molecule has 18 heavy (non-hydrogen) atoms. The second kappa shape index (κ2) is 4.55. The SMILES string of the molecule is OC1(CNc2ncnc3[nH]ccc23)CCOCC1. The van der Waals surface area contributed by atoms with Gasteiger partial charge in [0.2, 0.25) is 0 Å². The molecule has 0 aliphatic carbocycles. The first-order valence-electron chi connectivity index (χ1n) is 6.09. The van der Waals surface area contributed by atoms with Gasteiger partial charge in [-0.1, -0.05) is 0 Å². The van der Waals surface area contributed by atoms with E-state index < -0.39 is 5.60 Å². The zero-order valence-corrected chi connectivity index (χ0v) is 10.0. The predicted molar refractivity (Wildman–Crippen MR) is 67.4 cm³/mol. The van der Waals surface area contributed by atoms with Crippen molar-refractivity contribution in [2.45, 2.75) is 18.4 Å². The Morgan fingerprint density at radius 3 is 3.06 bits per heavy atom. The Morgan fingerprint density at radius 1 is 1.39 bits per heavy atom. The Kier molecular flexibility index (Phi) is 2.89. The number of aromatic amines is 1. The van der Waals surface area contributed by atoms with Gasteiger partial charge in [-0.15, -0.1) is 0 Å². The van der Waals surface area contributed by atoms with Crippen LogP contribution in [0.25, 0.3) is 11.0 Å². The molecule has 96 valence electrons. The van der Waals surface area contributed by atoms with Crippen molar-refractivity contribution in [3.8, 4) is 0 Å². The number of rotatable bonds is 3. The summed E-state index contributed by atoms with van der Waals surface area (Å²) in [7, 11) is 0. The predicted octanol–water partition coefficient (Wildman–Crippen LogP) is 0.911. The van der Waals surface area contributed by atoms with Crippen LogP contribution in [0.1, 0.15) is 12.8 Å². The fourth-order valence-electron chi connectivity index (χ4n) is 2.19. The summed E-state index contributed by atoms with van der Waals surface area (Å²) in [6.45, 7) is 1.71. The zero-order chi connectivity index (χ0) is 12.4. The Balaban J connectivity index is 1.74. The van der Waals surface area contributed by atoms with Crippen LogP contribution in [0.2, 0.25) is 0 Å². The van der Waals surface area contributed by atoms with Crippen molar-refractivity contribution in [2.75, 3.05) is 25.1 Å². The van der Waals surface area contributed by atoms with Gasteiger partial charge in [-0.25, -0.2) is 9.97 Å². The van der Waals surface area contributed by atoms with Crippen molar-refractivity contribution in [3.05, 3.63) is 18.6 Å². The van der Waals surface area contributed by atoms with Gasteiger partial charge in [-0.3, -0.25) is 0 Å². The first-order chi connectivity index (χ1) is 8.77. The molecule has 1 aliphatic rings. The van der Waals surface area contributed by atoms with E-state index in [0.29, 0.717) is 32.6 Å². The number of aromatic nitrogens is 3. The van der Waals surface area contributed by atoms with Gasteiger partial charge >= 0.3 is 0 Å². The molecule has 0 unspecified atom stereocenters. The van der Waals surface area contributed by atoms with Crippen LogP contribution >= 0.6 is 0 Å². The van der Waals surface area contributed by atoms with Crippen LogP contribution in [0.4, 0.5) is 5.82 Å². The van der Waals surface area contributed by atoms with E-state index in [4.69, 9.17) is 4.74 Å². The molecule has 3 heterocycles. The van der Waals surface area contributed by atoms with E-state index in [2.05, 4.69) is 20.3 Å². The number of anilines is 1. The lowest BCUT2D eigenvalue weighted by atomic mass is 9.94. The number of ether oxygens (including phenoxy) is 1. The summed E-state index contributed by atoms with van der Waals surface area (Å²) in [6.07, 6.45) is 4.64. The monoisotopic (exact) mass is 248 g/mol. The Labute approximate surface area is 104 Å². The van der Waals surface area contributed by atoms with Crippen molar-refractivity contribution >= 4 is 16.9 Å². The van der Waals surface area contributed by atoms with Gasteiger partial charge in [-0.05, 0) is 6.07 Å². The number of hydrogen-bond donors (Lipinski definition) is 3. The summed E-state index contributed by atoms with van der Waals surface area (Å²) in [5.41, 5.74) is 0.0951. The largest absolute Gasteiger partial charge is 0.388 e. The van der Waals surface area contributed by atoms with Gasteiger partial charge in [0.15, 0.2) is 0 Å². The molecule has 0 atom stereocenters. The number of hydrogen-bond acceptors (Lipinski definition) is 5. The van der Waals surface area contributed by atoms with Crippen molar-refractivity contribution in [1.29, 1.82) is 0 Å². The van der Waals surface area contributed by atoms with Gasteiger partial charge in [-0.2, -0.15) is 0 Å². The Hall–Kier alpha value is -1.66. The van der Waals surface area contributed by atoms with Crippen molar-refractivity contribution in [3.63, 3.8) is 0 Å². The van der Waals surface area contributed by atoms with Gasteiger partial charge in [0.25, 0.3) is 0 Å². The van der Waals surface area contributed by atoms with Gasteiger partial charge < -0.3 is 20.1 Å². The second-order valence-electron chi connectivity index (χ2n) is 4.65. The van der Waals surface area contributed by atoms with Crippen LogP contribution in [-0.4, -0.2) is 45.4 Å². The van der Waals surface area contributed by atoms with Gasteiger partial charge in [0.1, 0.15) is 17.8 Å². The van der Waals surface area contributed by atoms with Crippen LogP contribution < -0.4 is 5.32 Å². The minimum absolute atomic E-state index is 0.480. The molecule has 1 fully saturated rings. The third kappa shape index (κ3) is 2.16. The molecule has 2 aromatic rings. The number of aliphatic hydroxyl groups is 1. The highest BCUT2D eigenvalue weighted by atomic mass is 16.5. The molecule has 2 aromatic heterocycles. The Morgan fingerprint density at radius 2 is 2.22 bits per heavy atom. The molecule has 1 saturated heterocycles. The minimum Gasteiger partial charge on any atom is -0.388 e. The highest BCUT2D eigenvalue weighted by Gasteiger charge is 2.29. The maximum absolute atomic E-state index is 10.4. The van der Waals surface area contributed by atoms with Crippen LogP contribution in [0, 0.1) is 0 Å². The van der Waals surface area contributed by atoms with Crippen molar-refractivity contribution in [1.82, 2.24) is 15.0 Å². The third-order valence-corrected chi connectivity index (χ3v) is 3.36. The topological polar surface area (TPSA) is 83.1 Å². The van der Waals surface area contributed by atoms with E-state index in [-0.39, 0.29) is 0 Å². The normalized spacial score (nSPS) is 18.9. The molecule has 0 bridgehead atoms.